The minimum Gasteiger partial charge on any atom is -0.310 e. The van der Waals surface area contributed by atoms with Gasteiger partial charge in [-0.05, 0) is 13.3 Å². The fourth-order valence-corrected chi connectivity index (χ4v) is 1.34. The lowest BCUT2D eigenvalue weighted by Crippen LogP contribution is -2.21. The highest BCUT2D eigenvalue weighted by Gasteiger charge is 2.17. The Hall–Kier alpha value is -1.45. The molecular formula is C8H9N3O. The van der Waals surface area contributed by atoms with Gasteiger partial charge in [0.05, 0.1) is 0 Å². The molecule has 0 aromatic carbocycles. The van der Waals surface area contributed by atoms with Gasteiger partial charge < -0.3 is 5.32 Å². The van der Waals surface area contributed by atoms with Crippen LogP contribution in [-0.4, -0.2) is 15.9 Å². The first-order chi connectivity index (χ1) is 5.77. The van der Waals surface area contributed by atoms with Crippen molar-refractivity contribution in [2.24, 2.45) is 0 Å². The Morgan fingerprint density at radius 2 is 2.25 bits per heavy atom. The van der Waals surface area contributed by atoms with Crippen molar-refractivity contribution in [2.45, 2.75) is 19.8 Å². The van der Waals surface area contributed by atoms with Gasteiger partial charge in [0.25, 0.3) is 0 Å². The number of nitrogens with one attached hydrogen (secondary N) is 1. The molecule has 4 heteroatoms. The fraction of sp³-hybridized carbons (Fsp3) is 0.375. The molecule has 1 aromatic heterocycles. The summed E-state index contributed by atoms with van der Waals surface area (Å²) in [5.41, 5.74) is 2.03. The molecule has 1 aromatic rings. The predicted octanol–water partition coefficient (Wildman–Crippen LogP) is 0.670. The van der Waals surface area contributed by atoms with Crippen molar-refractivity contribution >= 4 is 11.7 Å². The Morgan fingerprint density at radius 3 is 3.08 bits per heavy atom. The Balaban J connectivity index is 2.48. The molecule has 12 heavy (non-hydrogen) atoms. The maximum Gasteiger partial charge on any atom is 0.225 e. The van der Waals surface area contributed by atoms with Gasteiger partial charge >= 0.3 is 0 Å². The molecule has 0 saturated heterocycles. The summed E-state index contributed by atoms with van der Waals surface area (Å²) in [6.45, 7) is 1.93. The summed E-state index contributed by atoms with van der Waals surface area (Å²) < 4.78 is 0. The van der Waals surface area contributed by atoms with Crippen LogP contribution in [0.15, 0.2) is 6.33 Å². The van der Waals surface area contributed by atoms with Crippen LogP contribution < -0.4 is 5.32 Å². The van der Waals surface area contributed by atoms with Crippen LogP contribution in [0.5, 0.6) is 0 Å². The molecule has 0 spiro atoms. The number of hydrogen-bond acceptors (Lipinski definition) is 3. The van der Waals surface area contributed by atoms with Gasteiger partial charge in [-0.2, -0.15) is 0 Å². The van der Waals surface area contributed by atoms with Gasteiger partial charge in [0.2, 0.25) is 5.91 Å². The Bertz CT molecular complexity index is 335. The molecule has 0 fully saturated rings. The van der Waals surface area contributed by atoms with Crippen LogP contribution in [0.4, 0.5) is 5.82 Å². The van der Waals surface area contributed by atoms with Crippen molar-refractivity contribution in [3.05, 3.63) is 17.6 Å². The summed E-state index contributed by atoms with van der Waals surface area (Å²) in [5, 5.41) is 2.71. The van der Waals surface area contributed by atoms with Crippen LogP contribution in [0.1, 0.15) is 17.7 Å². The van der Waals surface area contributed by atoms with Crippen molar-refractivity contribution < 1.29 is 4.79 Å². The summed E-state index contributed by atoms with van der Waals surface area (Å²) in [7, 11) is 0. The van der Waals surface area contributed by atoms with Gasteiger partial charge in [-0.1, -0.05) is 0 Å². The second-order valence-corrected chi connectivity index (χ2v) is 2.83. The van der Waals surface area contributed by atoms with E-state index in [9.17, 15) is 4.79 Å². The lowest BCUT2D eigenvalue weighted by Gasteiger charge is -2.15. The fourth-order valence-electron chi connectivity index (χ4n) is 1.34. The van der Waals surface area contributed by atoms with E-state index in [0.717, 1.165) is 17.7 Å². The zero-order valence-electron chi connectivity index (χ0n) is 6.79. The molecule has 1 N–H and O–H groups in total. The van der Waals surface area contributed by atoms with Crippen molar-refractivity contribution in [3.63, 3.8) is 0 Å². The predicted molar refractivity (Wildman–Crippen MR) is 43.7 cm³/mol. The molecule has 0 saturated carbocycles. The van der Waals surface area contributed by atoms with Crippen LogP contribution >= 0.6 is 0 Å². The first kappa shape index (κ1) is 7.21. The number of hydrogen-bond donors (Lipinski definition) is 1. The molecule has 62 valence electrons. The third kappa shape index (κ3) is 1.05. The van der Waals surface area contributed by atoms with Gasteiger partial charge in [-0.25, -0.2) is 9.97 Å². The molecule has 0 atom stereocenters. The van der Waals surface area contributed by atoms with Crippen LogP contribution in [-0.2, 0) is 11.2 Å². The van der Waals surface area contributed by atoms with Crippen molar-refractivity contribution in [2.75, 3.05) is 5.32 Å². The first-order valence-electron chi connectivity index (χ1n) is 3.87. The second kappa shape index (κ2) is 2.55. The lowest BCUT2D eigenvalue weighted by atomic mass is 10.1. The number of aryl methyl sites for hydroxylation is 1. The zero-order valence-corrected chi connectivity index (χ0v) is 6.79. The molecule has 0 unspecified atom stereocenters. The van der Waals surface area contributed by atoms with E-state index in [2.05, 4.69) is 15.3 Å². The summed E-state index contributed by atoms with van der Waals surface area (Å²) in [4.78, 5) is 19.0. The van der Waals surface area contributed by atoms with E-state index in [1.54, 1.807) is 0 Å². The molecule has 0 bridgehead atoms. The highest BCUT2D eigenvalue weighted by molar-refractivity contribution is 5.92. The average molecular weight is 163 g/mol. The molecule has 1 aliphatic rings. The summed E-state index contributed by atoms with van der Waals surface area (Å²) in [5.74, 6) is 0.722. The van der Waals surface area contributed by atoms with Gasteiger partial charge in [0.15, 0.2) is 0 Å². The van der Waals surface area contributed by atoms with Crippen LogP contribution in [0.3, 0.4) is 0 Å². The quantitative estimate of drug-likeness (QED) is 0.611. The normalized spacial score (nSPS) is 15.2. The Labute approximate surface area is 70.0 Å². The third-order valence-electron chi connectivity index (χ3n) is 2.02. The maximum atomic E-state index is 11.0. The van der Waals surface area contributed by atoms with Crippen LogP contribution in [0.2, 0.25) is 0 Å². The van der Waals surface area contributed by atoms with Gasteiger partial charge in [-0.15, -0.1) is 0 Å². The molecule has 2 heterocycles. The number of carbonyl (C=O) groups excluding carboxylic acids is 1. The molecule has 1 amide bonds. The Kier molecular flexibility index (Phi) is 1.53. The molecule has 2 rings (SSSR count). The van der Waals surface area contributed by atoms with E-state index < -0.39 is 0 Å². The summed E-state index contributed by atoms with van der Waals surface area (Å²) in [6, 6.07) is 0. The second-order valence-electron chi connectivity index (χ2n) is 2.83. The summed E-state index contributed by atoms with van der Waals surface area (Å²) >= 11 is 0. The van der Waals surface area contributed by atoms with Crippen molar-refractivity contribution in [1.82, 2.24) is 9.97 Å². The van der Waals surface area contributed by atoms with Crippen LogP contribution in [0.25, 0.3) is 0 Å². The number of rotatable bonds is 0. The summed E-state index contributed by atoms with van der Waals surface area (Å²) in [6.07, 6.45) is 2.77. The molecule has 1 aliphatic heterocycles. The first-order valence-corrected chi connectivity index (χ1v) is 3.87. The van der Waals surface area contributed by atoms with E-state index in [4.69, 9.17) is 0 Å². The lowest BCUT2D eigenvalue weighted by molar-refractivity contribution is -0.116. The average Bonchev–Trinajstić information content (AvgIpc) is 2.04. The molecular weight excluding hydrogens is 154 g/mol. The van der Waals surface area contributed by atoms with Gasteiger partial charge in [-0.3, -0.25) is 4.79 Å². The number of aromatic nitrogens is 2. The number of carbonyl (C=O) groups is 1. The standard InChI is InChI=1S/C8H9N3O/c1-5-6-2-3-7(12)11-8(6)10-4-9-5/h4H,2-3H2,1H3,(H,9,10,11,12). The molecule has 0 aliphatic carbocycles. The minimum absolute atomic E-state index is 0.0422. The largest absolute Gasteiger partial charge is 0.310 e. The minimum atomic E-state index is 0.0422. The highest BCUT2D eigenvalue weighted by atomic mass is 16.1. The smallest absolute Gasteiger partial charge is 0.225 e. The Morgan fingerprint density at radius 1 is 1.42 bits per heavy atom. The number of amides is 1. The van der Waals surface area contributed by atoms with Gasteiger partial charge in [0, 0.05) is 17.7 Å². The van der Waals surface area contributed by atoms with Crippen molar-refractivity contribution in [3.8, 4) is 0 Å². The van der Waals surface area contributed by atoms with E-state index in [1.165, 1.54) is 6.33 Å². The maximum absolute atomic E-state index is 11.0. The van der Waals surface area contributed by atoms with E-state index in [1.807, 2.05) is 6.92 Å². The number of anilines is 1. The molecule has 0 radical (unpaired) electrons. The highest BCUT2D eigenvalue weighted by Crippen LogP contribution is 2.20. The zero-order chi connectivity index (χ0) is 8.55. The van der Waals surface area contributed by atoms with Crippen molar-refractivity contribution in [1.29, 1.82) is 0 Å². The number of fused-ring (bicyclic) bond motifs is 1. The number of nitrogens with zero attached hydrogens (tertiary/aromatic N) is 2. The van der Waals surface area contributed by atoms with E-state index in [-0.39, 0.29) is 5.91 Å². The van der Waals surface area contributed by atoms with Gasteiger partial charge in [0.1, 0.15) is 12.1 Å². The van der Waals surface area contributed by atoms with Crippen LogP contribution in [0, 0.1) is 6.92 Å². The topological polar surface area (TPSA) is 54.9 Å². The van der Waals surface area contributed by atoms with E-state index >= 15 is 0 Å². The third-order valence-corrected chi connectivity index (χ3v) is 2.02. The molecule has 4 nitrogen and oxygen atoms in total. The van der Waals surface area contributed by atoms with E-state index in [0.29, 0.717) is 12.2 Å². The SMILES string of the molecule is Cc1ncnc2c1CCC(=O)N2. The monoisotopic (exact) mass is 163 g/mol.